The maximum absolute atomic E-state index is 12.6. The van der Waals surface area contributed by atoms with Crippen molar-refractivity contribution in [2.45, 2.75) is 17.4 Å². The number of carboxylic acids is 1. The van der Waals surface area contributed by atoms with Crippen LogP contribution in [0.3, 0.4) is 0 Å². The number of carboxylic acid groups (broad SMARTS) is 1. The molecule has 0 fully saturated rings. The van der Waals surface area contributed by atoms with Gasteiger partial charge in [-0.1, -0.05) is 36.4 Å². The molecule has 24 heavy (non-hydrogen) atoms. The zero-order chi connectivity index (χ0) is 17.2. The Kier molecular flexibility index (Phi) is 4.56. The lowest BCUT2D eigenvalue weighted by atomic mass is 10.1. The van der Waals surface area contributed by atoms with Crippen LogP contribution < -0.4 is 9.83 Å². The number of hydrogen-bond acceptors (Lipinski definition) is 7. The molecule has 124 valence electrons. The maximum Gasteiger partial charge on any atom is 0.243 e. The number of aliphatic carboxylic acids is 1. The van der Waals surface area contributed by atoms with Crippen LogP contribution in [0.2, 0.25) is 0 Å². The van der Waals surface area contributed by atoms with Crippen molar-refractivity contribution in [3.05, 3.63) is 54.1 Å². The Balaban J connectivity index is 1.91. The summed E-state index contributed by atoms with van der Waals surface area (Å²) in [7, 11) is -4.09. The van der Waals surface area contributed by atoms with E-state index in [1.165, 1.54) is 12.1 Å². The Morgan fingerprint density at radius 3 is 2.58 bits per heavy atom. The average molecular weight is 362 g/mol. The van der Waals surface area contributed by atoms with Crippen molar-refractivity contribution in [1.82, 2.24) is 13.5 Å². The molecule has 1 N–H and O–H groups in total. The second-order valence-electron chi connectivity index (χ2n) is 5.07. The first-order valence-electron chi connectivity index (χ1n) is 6.96. The molecule has 0 aliphatic heterocycles. The summed E-state index contributed by atoms with van der Waals surface area (Å²) in [5, 5.41) is 11.4. The molecule has 0 spiro atoms. The highest BCUT2D eigenvalue weighted by Crippen LogP contribution is 2.21. The molecule has 0 bridgehead atoms. The van der Waals surface area contributed by atoms with Crippen LogP contribution in [-0.2, 0) is 21.2 Å². The van der Waals surface area contributed by atoms with Crippen molar-refractivity contribution in [1.29, 1.82) is 0 Å². The molecule has 0 amide bonds. The van der Waals surface area contributed by atoms with Crippen LogP contribution >= 0.6 is 11.7 Å². The number of hydrogen-bond donors (Lipinski definition) is 1. The van der Waals surface area contributed by atoms with Crippen LogP contribution in [0.5, 0.6) is 0 Å². The molecular formula is C15H12N3O4S2-. The largest absolute Gasteiger partial charge is 0.548 e. The fraction of sp³-hybridized carbons (Fsp3) is 0.133. The highest BCUT2D eigenvalue weighted by atomic mass is 32.2. The zero-order valence-electron chi connectivity index (χ0n) is 12.2. The van der Waals surface area contributed by atoms with Crippen molar-refractivity contribution >= 4 is 38.8 Å². The summed E-state index contributed by atoms with van der Waals surface area (Å²) < 4.78 is 35.3. The van der Waals surface area contributed by atoms with Crippen molar-refractivity contribution < 1.29 is 18.3 Å². The van der Waals surface area contributed by atoms with Gasteiger partial charge >= 0.3 is 0 Å². The van der Waals surface area contributed by atoms with Gasteiger partial charge in [-0.2, -0.15) is 8.75 Å². The van der Waals surface area contributed by atoms with Gasteiger partial charge < -0.3 is 9.90 Å². The quantitative estimate of drug-likeness (QED) is 0.676. The summed E-state index contributed by atoms with van der Waals surface area (Å²) in [4.78, 5) is 11.3. The van der Waals surface area contributed by atoms with Gasteiger partial charge in [0, 0.05) is 0 Å². The second-order valence-corrected chi connectivity index (χ2v) is 7.28. The van der Waals surface area contributed by atoms with Gasteiger partial charge in [-0.3, -0.25) is 0 Å². The first kappa shape index (κ1) is 16.5. The van der Waals surface area contributed by atoms with Crippen LogP contribution in [0.1, 0.15) is 5.56 Å². The molecule has 3 aromatic rings. The minimum absolute atomic E-state index is 0.0201. The number of carbonyl (C=O) groups is 1. The molecule has 0 aliphatic carbocycles. The Labute approximate surface area is 142 Å². The van der Waals surface area contributed by atoms with Crippen LogP contribution in [0, 0.1) is 0 Å². The van der Waals surface area contributed by atoms with Gasteiger partial charge in [0.25, 0.3) is 0 Å². The number of fused-ring (bicyclic) bond motifs is 1. The number of aromatic nitrogens is 2. The molecule has 0 saturated carbocycles. The van der Waals surface area contributed by atoms with Gasteiger partial charge in [-0.05, 0) is 24.1 Å². The number of nitrogens with one attached hydrogen (secondary N) is 1. The van der Waals surface area contributed by atoms with Gasteiger partial charge in [-0.15, -0.1) is 0 Å². The minimum atomic E-state index is -4.09. The van der Waals surface area contributed by atoms with Crippen LogP contribution in [0.25, 0.3) is 11.0 Å². The molecule has 0 saturated heterocycles. The first-order valence-corrected chi connectivity index (χ1v) is 9.17. The third kappa shape index (κ3) is 3.42. The monoisotopic (exact) mass is 362 g/mol. The van der Waals surface area contributed by atoms with Gasteiger partial charge in [-0.25, -0.2) is 13.1 Å². The lowest BCUT2D eigenvalue weighted by Gasteiger charge is -2.20. The minimum Gasteiger partial charge on any atom is -0.548 e. The van der Waals surface area contributed by atoms with E-state index in [0.29, 0.717) is 11.1 Å². The molecule has 1 atom stereocenters. The Hall–Kier alpha value is -2.36. The van der Waals surface area contributed by atoms with Gasteiger partial charge in [0.2, 0.25) is 10.0 Å². The molecular weight excluding hydrogens is 350 g/mol. The zero-order valence-corrected chi connectivity index (χ0v) is 13.9. The van der Waals surface area contributed by atoms with Crippen molar-refractivity contribution in [2.75, 3.05) is 0 Å². The molecule has 1 heterocycles. The molecule has 3 rings (SSSR count). The SMILES string of the molecule is O=C([O-])C(Cc1ccccc1)NS(=O)(=O)c1cccc2nsnc12. The third-order valence-electron chi connectivity index (χ3n) is 3.40. The number of rotatable bonds is 6. The maximum atomic E-state index is 12.6. The van der Waals surface area contributed by atoms with E-state index in [4.69, 9.17) is 0 Å². The molecule has 1 aromatic heterocycles. The van der Waals surface area contributed by atoms with Crippen LogP contribution in [-0.4, -0.2) is 29.2 Å². The Bertz CT molecular complexity index is 971. The van der Waals surface area contributed by atoms with E-state index in [-0.39, 0.29) is 16.8 Å². The highest BCUT2D eigenvalue weighted by Gasteiger charge is 2.24. The van der Waals surface area contributed by atoms with E-state index in [0.717, 1.165) is 11.7 Å². The molecule has 2 aromatic carbocycles. The van der Waals surface area contributed by atoms with E-state index < -0.39 is 22.0 Å². The molecule has 0 aliphatic rings. The van der Waals surface area contributed by atoms with E-state index in [2.05, 4.69) is 13.5 Å². The van der Waals surface area contributed by atoms with Crippen LogP contribution in [0.15, 0.2) is 53.4 Å². The number of nitrogens with zero attached hydrogens (tertiary/aromatic N) is 2. The standard InChI is InChI=1S/C15H13N3O4S2/c19-15(20)12(9-10-5-2-1-3-6-10)18-24(21,22)13-8-4-7-11-14(13)17-23-16-11/h1-8,12,18H,9H2,(H,19,20)/p-1. The summed E-state index contributed by atoms with van der Waals surface area (Å²) in [6.07, 6.45) is -0.0201. The van der Waals surface area contributed by atoms with E-state index in [9.17, 15) is 18.3 Å². The molecule has 9 heteroatoms. The summed E-state index contributed by atoms with van der Waals surface area (Å²) in [6.45, 7) is 0. The Morgan fingerprint density at radius 2 is 1.88 bits per heavy atom. The lowest BCUT2D eigenvalue weighted by Crippen LogP contribution is -2.49. The normalized spacial score (nSPS) is 13.0. The summed E-state index contributed by atoms with van der Waals surface area (Å²) in [6, 6.07) is 11.9. The first-order chi connectivity index (χ1) is 11.5. The van der Waals surface area contributed by atoms with Crippen molar-refractivity contribution in [2.24, 2.45) is 0 Å². The molecule has 0 radical (unpaired) electrons. The lowest BCUT2D eigenvalue weighted by molar-refractivity contribution is -0.307. The van der Waals surface area contributed by atoms with Gasteiger partial charge in [0.15, 0.2) is 0 Å². The Morgan fingerprint density at radius 1 is 1.12 bits per heavy atom. The topological polar surface area (TPSA) is 112 Å². The summed E-state index contributed by atoms with van der Waals surface area (Å²) >= 11 is 0.890. The van der Waals surface area contributed by atoms with Gasteiger partial charge in [0.1, 0.15) is 15.9 Å². The second kappa shape index (κ2) is 6.63. The fourth-order valence-corrected chi connectivity index (χ4v) is 4.22. The smallest absolute Gasteiger partial charge is 0.243 e. The van der Waals surface area contributed by atoms with Crippen molar-refractivity contribution in [3.8, 4) is 0 Å². The predicted molar refractivity (Wildman–Crippen MR) is 86.7 cm³/mol. The summed E-state index contributed by atoms with van der Waals surface area (Å²) in [5.74, 6) is -1.49. The fourth-order valence-electron chi connectivity index (χ4n) is 2.27. The van der Waals surface area contributed by atoms with Crippen molar-refractivity contribution in [3.63, 3.8) is 0 Å². The average Bonchev–Trinajstić information content (AvgIpc) is 3.03. The summed E-state index contributed by atoms with van der Waals surface area (Å²) in [5.41, 5.74) is 1.34. The predicted octanol–water partition coefficient (Wildman–Crippen LogP) is 0.331. The number of benzene rings is 2. The van der Waals surface area contributed by atoms with E-state index >= 15 is 0 Å². The van der Waals surface area contributed by atoms with E-state index in [1.807, 2.05) is 0 Å². The van der Waals surface area contributed by atoms with Crippen LogP contribution in [0.4, 0.5) is 0 Å². The van der Waals surface area contributed by atoms with Gasteiger partial charge in [0.05, 0.1) is 23.7 Å². The number of sulfonamides is 1. The highest BCUT2D eigenvalue weighted by molar-refractivity contribution is 7.89. The third-order valence-corrected chi connectivity index (χ3v) is 5.45. The number of carbonyl (C=O) groups excluding carboxylic acids is 1. The molecule has 7 nitrogen and oxygen atoms in total. The van der Waals surface area contributed by atoms with E-state index in [1.54, 1.807) is 36.4 Å². The molecule has 1 unspecified atom stereocenters.